The largest absolute Gasteiger partial charge is 0.481 e. The minimum atomic E-state index is -0.506. The number of benzene rings is 3. The third-order valence-corrected chi connectivity index (χ3v) is 6.76. The highest BCUT2D eigenvalue weighted by molar-refractivity contribution is 9.10. The fourth-order valence-electron chi connectivity index (χ4n) is 3.59. The third kappa shape index (κ3) is 5.55. The smallest absolute Gasteiger partial charge is 0.312 e. The molecule has 0 bridgehead atoms. The van der Waals surface area contributed by atoms with Crippen molar-refractivity contribution >= 4 is 54.7 Å². The number of ether oxygens (including phenoxy) is 1. The second-order valence-electron chi connectivity index (χ2n) is 8.18. The lowest BCUT2D eigenvalue weighted by molar-refractivity contribution is -0.386. The summed E-state index contributed by atoms with van der Waals surface area (Å²) in [7, 11) is 0. The van der Waals surface area contributed by atoms with Gasteiger partial charge in [0.25, 0.3) is 5.56 Å². The molecule has 0 N–H and O–H groups in total. The van der Waals surface area contributed by atoms with E-state index in [4.69, 9.17) is 4.74 Å². The summed E-state index contributed by atoms with van der Waals surface area (Å²) in [6, 6.07) is 17.7. The predicted molar refractivity (Wildman–Crippen MR) is 147 cm³/mol. The van der Waals surface area contributed by atoms with Gasteiger partial charge >= 0.3 is 5.69 Å². The lowest BCUT2D eigenvalue weighted by atomic mass is 10.1. The quantitative estimate of drug-likeness (QED) is 0.124. The number of rotatable bonds is 8. The van der Waals surface area contributed by atoms with Crippen LogP contribution in [0.4, 0.5) is 5.69 Å². The maximum atomic E-state index is 13.3. The van der Waals surface area contributed by atoms with E-state index >= 15 is 0 Å². The topological polar surface area (TPSA) is 99.6 Å². The molecule has 0 radical (unpaired) electrons. The fraction of sp³-hybridized carbons (Fsp3) is 0.192. The van der Waals surface area contributed by atoms with E-state index in [2.05, 4.69) is 41.9 Å². The summed E-state index contributed by atoms with van der Waals surface area (Å²) in [5, 5.41) is 16.6. The molecule has 1 aromatic heterocycles. The van der Waals surface area contributed by atoms with Crippen LogP contribution in [0.3, 0.4) is 0 Å². The maximum absolute atomic E-state index is 13.3. The number of hydrogen-bond acceptors (Lipinski definition) is 6. The van der Waals surface area contributed by atoms with Crippen LogP contribution in [0, 0.1) is 10.1 Å². The summed E-state index contributed by atoms with van der Waals surface area (Å²) in [6.07, 6.45) is 2.17. The van der Waals surface area contributed by atoms with Gasteiger partial charge in [-0.3, -0.25) is 14.9 Å². The zero-order chi connectivity index (χ0) is 25.8. The van der Waals surface area contributed by atoms with Gasteiger partial charge < -0.3 is 4.74 Å². The van der Waals surface area contributed by atoms with Crippen molar-refractivity contribution in [2.45, 2.75) is 32.8 Å². The summed E-state index contributed by atoms with van der Waals surface area (Å²) in [5.74, 6) is 0.610. The van der Waals surface area contributed by atoms with Gasteiger partial charge in [-0.15, -0.1) is 0 Å². The first-order chi connectivity index (χ1) is 17.3. The Morgan fingerprint density at radius 2 is 1.92 bits per heavy atom. The zero-order valence-corrected chi connectivity index (χ0v) is 22.7. The van der Waals surface area contributed by atoms with Crippen molar-refractivity contribution in [2.24, 2.45) is 5.10 Å². The van der Waals surface area contributed by atoms with Crippen molar-refractivity contribution in [1.82, 2.24) is 9.66 Å². The summed E-state index contributed by atoms with van der Waals surface area (Å²) in [6.45, 7) is 4.16. The van der Waals surface area contributed by atoms with E-state index < -0.39 is 4.92 Å². The average molecular weight is 614 g/mol. The molecule has 1 atom stereocenters. The van der Waals surface area contributed by atoms with E-state index in [0.29, 0.717) is 26.8 Å². The van der Waals surface area contributed by atoms with Gasteiger partial charge in [0.05, 0.1) is 26.5 Å². The van der Waals surface area contributed by atoms with Crippen LogP contribution < -0.4 is 10.3 Å². The molecule has 0 saturated heterocycles. The van der Waals surface area contributed by atoms with Crippen molar-refractivity contribution in [2.75, 3.05) is 0 Å². The Balaban J connectivity index is 1.75. The Kier molecular flexibility index (Phi) is 7.95. The highest BCUT2D eigenvalue weighted by atomic mass is 79.9. The molecule has 10 heteroatoms. The normalized spacial score (nSPS) is 12.2. The van der Waals surface area contributed by atoms with Crippen LogP contribution >= 0.6 is 31.9 Å². The van der Waals surface area contributed by atoms with Gasteiger partial charge in [0.15, 0.2) is 0 Å². The molecule has 4 rings (SSSR count). The highest BCUT2D eigenvalue weighted by Crippen LogP contribution is 2.36. The lowest BCUT2D eigenvalue weighted by Gasteiger charge is -2.14. The number of aromatic nitrogens is 2. The van der Waals surface area contributed by atoms with Crippen molar-refractivity contribution in [1.29, 1.82) is 0 Å². The van der Waals surface area contributed by atoms with Crippen molar-refractivity contribution in [3.8, 4) is 5.75 Å². The van der Waals surface area contributed by atoms with Crippen LogP contribution in [-0.2, 0) is 6.61 Å². The molecular weight excluding hydrogens is 592 g/mol. The molecule has 1 heterocycles. The van der Waals surface area contributed by atoms with Crippen LogP contribution in [0.15, 0.2) is 79.5 Å². The molecule has 0 aliphatic heterocycles. The minimum Gasteiger partial charge on any atom is -0.481 e. The minimum absolute atomic E-state index is 0.0299. The van der Waals surface area contributed by atoms with E-state index in [9.17, 15) is 14.9 Å². The fourth-order valence-corrected chi connectivity index (χ4v) is 4.53. The maximum Gasteiger partial charge on any atom is 0.312 e. The molecule has 0 unspecified atom stereocenters. The van der Waals surface area contributed by atoms with Gasteiger partial charge in [0.2, 0.25) is 5.75 Å². The second kappa shape index (κ2) is 11.1. The van der Waals surface area contributed by atoms with E-state index in [1.807, 2.05) is 50.2 Å². The molecule has 184 valence electrons. The number of halogens is 2. The van der Waals surface area contributed by atoms with Gasteiger partial charge in [-0.2, -0.15) is 9.78 Å². The predicted octanol–water partition coefficient (Wildman–Crippen LogP) is 6.80. The first kappa shape index (κ1) is 25.7. The molecule has 0 fully saturated rings. The summed E-state index contributed by atoms with van der Waals surface area (Å²) < 4.78 is 8.20. The molecule has 4 aromatic rings. The second-order valence-corrected chi connectivity index (χ2v) is 9.95. The van der Waals surface area contributed by atoms with Crippen molar-refractivity contribution in [3.05, 3.63) is 107 Å². The monoisotopic (exact) mass is 612 g/mol. The molecule has 0 saturated carbocycles. The molecule has 0 amide bonds. The number of hydrogen-bond donors (Lipinski definition) is 0. The molecule has 3 aromatic carbocycles. The first-order valence-corrected chi connectivity index (χ1v) is 12.8. The zero-order valence-electron chi connectivity index (χ0n) is 19.5. The molecule has 0 spiro atoms. The Morgan fingerprint density at radius 1 is 1.17 bits per heavy atom. The van der Waals surface area contributed by atoms with Crippen LogP contribution in [0.1, 0.15) is 43.1 Å². The van der Waals surface area contributed by atoms with E-state index in [1.54, 1.807) is 18.2 Å². The lowest BCUT2D eigenvalue weighted by Crippen LogP contribution is -2.23. The van der Waals surface area contributed by atoms with Crippen molar-refractivity contribution < 1.29 is 9.66 Å². The van der Waals surface area contributed by atoms with Crippen LogP contribution in [0.5, 0.6) is 5.75 Å². The number of nitrogens with zero attached hydrogens (tertiary/aromatic N) is 4. The van der Waals surface area contributed by atoms with Gasteiger partial charge in [0.1, 0.15) is 12.4 Å². The van der Waals surface area contributed by atoms with Gasteiger partial charge in [-0.1, -0.05) is 60.1 Å². The SMILES string of the molecule is CC[C@H](C)c1nc2ccc(Br)cc2c(=O)n1N=Cc1cc(Br)c(OCc2ccccc2)c([N+](=O)[O-])c1. The van der Waals surface area contributed by atoms with E-state index in [0.717, 1.165) is 16.5 Å². The standard InChI is InChI=1S/C26H22Br2N4O4/c1-3-16(2)25-30-22-10-9-19(27)13-20(22)26(33)31(25)29-14-18-11-21(28)24(23(12-18)32(34)35)36-15-17-7-5-4-6-8-17/h4-14,16H,3,15H2,1-2H3/t16-/m0/s1. The summed E-state index contributed by atoms with van der Waals surface area (Å²) in [5.41, 5.74) is 1.37. The van der Waals surface area contributed by atoms with E-state index in [1.165, 1.54) is 17.0 Å². The Hall–Kier alpha value is -3.37. The molecule has 0 aliphatic rings. The summed E-state index contributed by atoms with van der Waals surface area (Å²) >= 11 is 6.79. The van der Waals surface area contributed by atoms with E-state index in [-0.39, 0.29) is 29.5 Å². The highest BCUT2D eigenvalue weighted by Gasteiger charge is 2.21. The molecule has 8 nitrogen and oxygen atoms in total. The Labute approximate surface area is 224 Å². The van der Waals surface area contributed by atoms with Gasteiger partial charge in [0, 0.05) is 22.0 Å². The van der Waals surface area contributed by atoms with Gasteiger partial charge in [-0.05, 0) is 52.2 Å². The Bertz CT molecular complexity index is 1520. The number of nitro groups is 1. The molecular formula is C26H22Br2N4O4. The van der Waals surface area contributed by atoms with Crippen LogP contribution in [0.2, 0.25) is 0 Å². The number of fused-ring (bicyclic) bond motifs is 1. The van der Waals surface area contributed by atoms with Crippen LogP contribution in [-0.4, -0.2) is 20.8 Å². The van der Waals surface area contributed by atoms with Crippen molar-refractivity contribution in [3.63, 3.8) is 0 Å². The Morgan fingerprint density at radius 3 is 2.61 bits per heavy atom. The first-order valence-electron chi connectivity index (χ1n) is 11.2. The molecule has 0 aliphatic carbocycles. The molecule has 36 heavy (non-hydrogen) atoms. The summed E-state index contributed by atoms with van der Waals surface area (Å²) in [4.78, 5) is 29.3. The van der Waals surface area contributed by atoms with Gasteiger partial charge in [-0.25, -0.2) is 4.98 Å². The third-order valence-electron chi connectivity index (χ3n) is 5.68. The average Bonchev–Trinajstić information content (AvgIpc) is 2.87. The number of nitro benzene ring substituents is 1. The van der Waals surface area contributed by atoms with Crippen LogP contribution in [0.25, 0.3) is 10.9 Å².